The van der Waals surface area contributed by atoms with Crippen molar-refractivity contribution in [2.24, 2.45) is 0 Å². The van der Waals surface area contributed by atoms with E-state index in [9.17, 15) is 0 Å². The van der Waals surface area contributed by atoms with Gasteiger partial charge >= 0.3 is 0 Å². The fraction of sp³-hybridized carbons (Fsp3) is 0.375. The first-order valence-electron chi connectivity index (χ1n) is 6.90. The number of thiophene rings is 1. The Bertz CT molecular complexity index is 610. The molecule has 1 aliphatic rings. The van der Waals surface area contributed by atoms with E-state index in [4.69, 9.17) is 16.3 Å². The quantitative estimate of drug-likeness (QED) is 0.880. The maximum Gasteiger partial charge on any atom is 0.122 e. The molecule has 0 bridgehead atoms. The Labute approximate surface area is 128 Å². The number of hydrogen-bond acceptors (Lipinski definition) is 3. The van der Waals surface area contributed by atoms with E-state index in [-0.39, 0.29) is 0 Å². The lowest BCUT2D eigenvalue weighted by atomic mass is 10.0. The Hall–Kier alpha value is -1.03. The van der Waals surface area contributed by atoms with Gasteiger partial charge in [-0.05, 0) is 43.2 Å². The summed E-state index contributed by atoms with van der Waals surface area (Å²) in [6.07, 6.45) is 1.02. The predicted octanol–water partition coefficient (Wildman–Crippen LogP) is 4.75. The van der Waals surface area contributed by atoms with Crippen LogP contribution in [0.5, 0.6) is 5.75 Å². The fourth-order valence-corrected chi connectivity index (χ4v) is 3.66. The molecule has 1 aromatic heterocycles. The molecule has 2 heterocycles. The summed E-state index contributed by atoms with van der Waals surface area (Å²) in [6, 6.07) is 11.1. The third-order valence-electron chi connectivity index (χ3n) is 3.73. The van der Waals surface area contributed by atoms with Crippen molar-refractivity contribution >= 4 is 22.9 Å². The number of rotatable bonds is 4. The summed E-state index contributed by atoms with van der Waals surface area (Å²) in [4.78, 5) is 1.27. The topological polar surface area (TPSA) is 21.3 Å². The summed E-state index contributed by atoms with van der Waals surface area (Å²) < 4.78 is 6.40. The number of nitrogens with one attached hydrogen (secondary N) is 1. The molecule has 0 aliphatic carbocycles. The average Bonchev–Trinajstić information content (AvgIpc) is 3.05. The number of benzene rings is 1. The standard InChI is InChI=1S/C16H18ClNOS/c1-10(18-11(2)15-5-6-16(17)20-15)12-3-4-14-13(9-12)7-8-19-14/h3-6,9-11,18H,7-8H2,1-2H3. The van der Waals surface area contributed by atoms with Gasteiger partial charge in [0.25, 0.3) is 0 Å². The molecule has 0 radical (unpaired) electrons. The molecule has 2 aromatic rings. The van der Waals surface area contributed by atoms with Crippen LogP contribution in [0.15, 0.2) is 30.3 Å². The van der Waals surface area contributed by atoms with E-state index >= 15 is 0 Å². The number of fused-ring (bicyclic) bond motifs is 1. The van der Waals surface area contributed by atoms with Crippen molar-refractivity contribution in [3.8, 4) is 5.75 Å². The van der Waals surface area contributed by atoms with Gasteiger partial charge in [0.1, 0.15) is 5.75 Å². The van der Waals surface area contributed by atoms with Gasteiger partial charge in [-0.15, -0.1) is 11.3 Å². The van der Waals surface area contributed by atoms with Crippen LogP contribution in [-0.4, -0.2) is 6.61 Å². The van der Waals surface area contributed by atoms with Gasteiger partial charge in [-0.3, -0.25) is 0 Å². The van der Waals surface area contributed by atoms with Crippen molar-refractivity contribution in [1.29, 1.82) is 0 Å². The SMILES string of the molecule is CC(NC(C)c1ccc(Cl)s1)c1ccc2c(c1)CCO2. The third-order valence-corrected chi connectivity index (χ3v) is 5.15. The van der Waals surface area contributed by atoms with Crippen LogP contribution >= 0.6 is 22.9 Å². The monoisotopic (exact) mass is 307 g/mol. The Balaban J connectivity index is 1.71. The summed E-state index contributed by atoms with van der Waals surface area (Å²) >= 11 is 7.63. The Morgan fingerprint density at radius 1 is 1.20 bits per heavy atom. The lowest BCUT2D eigenvalue weighted by molar-refractivity contribution is 0.356. The molecular weight excluding hydrogens is 290 g/mol. The number of ether oxygens (including phenoxy) is 1. The van der Waals surface area contributed by atoms with Crippen molar-refractivity contribution in [3.63, 3.8) is 0 Å². The molecule has 3 rings (SSSR count). The summed E-state index contributed by atoms with van der Waals surface area (Å²) in [5, 5.41) is 3.63. The highest BCUT2D eigenvalue weighted by Gasteiger charge is 2.16. The molecule has 2 nitrogen and oxygen atoms in total. The lowest BCUT2D eigenvalue weighted by Gasteiger charge is -2.20. The highest BCUT2D eigenvalue weighted by Crippen LogP contribution is 2.31. The van der Waals surface area contributed by atoms with E-state index in [0.717, 1.165) is 23.1 Å². The van der Waals surface area contributed by atoms with Gasteiger partial charge in [-0.2, -0.15) is 0 Å². The molecule has 0 fully saturated rings. The van der Waals surface area contributed by atoms with Crippen LogP contribution in [0.4, 0.5) is 0 Å². The van der Waals surface area contributed by atoms with E-state index in [1.165, 1.54) is 16.0 Å². The van der Waals surface area contributed by atoms with E-state index < -0.39 is 0 Å². The third kappa shape index (κ3) is 2.85. The first-order chi connectivity index (χ1) is 9.63. The normalized spacial score (nSPS) is 16.6. The van der Waals surface area contributed by atoms with Gasteiger partial charge in [-0.1, -0.05) is 23.7 Å². The van der Waals surface area contributed by atoms with Crippen molar-refractivity contribution in [2.75, 3.05) is 6.61 Å². The second-order valence-corrected chi connectivity index (χ2v) is 6.96. The molecule has 1 N–H and O–H groups in total. The van der Waals surface area contributed by atoms with E-state index in [1.54, 1.807) is 11.3 Å². The highest BCUT2D eigenvalue weighted by molar-refractivity contribution is 7.16. The highest BCUT2D eigenvalue weighted by atomic mass is 35.5. The summed E-state index contributed by atoms with van der Waals surface area (Å²) in [7, 11) is 0. The molecule has 0 saturated carbocycles. The summed E-state index contributed by atoms with van der Waals surface area (Å²) in [6.45, 7) is 5.18. The fourth-order valence-electron chi connectivity index (χ4n) is 2.59. The maximum atomic E-state index is 6.00. The average molecular weight is 308 g/mol. The van der Waals surface area contributed by atoms with Crippen LogP contribution in [0.3, 0.4) is 0 Å². The van der Waals surface area contributed by atoms with E-state index in [0.29, 0.717) is 12.1 Å². The van der Waals surface area contributed by atoms with E-state index in [2.05, 4.69) is 43.4 Å². The van der Waals surface area contributed by atoms with Crippen LogP contribution in [0.2, 0.25) is 4.34 Å². The zero-order chi connectivity index (χ0) is 14.1. The van der Waals surface area contributed by atoms with Crippen LogP contribution in [0.1, 0.15) is 41.9 Å². The number of halogens is 1. The molecule has 0 amide bonds. The summed E-state index contributed by atoms with van der Waals surface area (Å²) in [5.41, 5.74) is 2.63. The molecule has 20 heavy (non-hydrogen) atoms. The minimum absolute atomic E-state index is 0.298. The maximum absolute atomic E-state index is 6.00. The molecule has 0 saturated heterocycles. The van der Waals surface area contributed by atoms with Gasteiger partial charge in [0.05, 0.1) is 10.9 Å². The van der Waals surface area contributed by atoms with Crippen LogP contribution in [-0.2, 0) is 6.42 Å². The zero-order valence-corrected chi connectivity index (χ0v) is 13.2. The van der Waals surface area contributed by atoms with Gasteiger partial charge in [0, 0.05) is 23.4 Å². The van der Waals surface area contributed by atoms with Crippen molar-refractivity contribution < 1.29 is 4.74 Å². The molecule has 106 valence electrons. The minimum Gasteiger partial charge on any atom is -0.493 e. The molecule has 2 atom stereocenters. The minimum atomic E-state index is 0.298. The molecule has 0 spiro atoms. The van der Waals surface area contributed by atoms with Crippen molar-refractivity contribution in [2.45, 2.75) is 32.4 Å². The first kappa shape index (κ1) is 13.9. The second-order valence-electron chi connectivity index (χ2n) is 5.22. The van der Waals surface area contributed by atoms with Gasteiger partial charge < -0.3 is 10.1 Å². The van der Waals surface area contributed by atoms with Gasteiger partial charge in [0.2, 0.25) is 0 Å². The largest absolute Gasteiger partial charge is 0.493 e. The van der Waals surface area contributed by atoms with Crippen molar-refractivity contribution in [3.05, 3.63) is 50.7 Å². The molecule has 1 aromatic carbocycles. The second kappa shape index (κ2) is 5.76. The van der Waals surface area contributed by atoms with Crippen LogP contribution < -0.4 is 10.1 Å². The Morgan fingerprint density at radius 3 is 2.80 bits per heavy atom. The smallest absolute Gasteiger partial charge is 0.122 e. The predicted molar refractivity (Wildman–Crippen MR) is 84.9 cm³/mol. The number of hydrogen-bond donors (Lipinski definition) is 1. The Morgan fingerprint density at radius 2 is 2.05 bits per heavy atom. The molecule has 2 unspecified atom stereocenters. The molecular formula is C16H18ClNOS. The van der Waals surface area contributed by atoms with Gasteiger partial charge in [0.15, 0.2) is 0 Å². The van der Waals surface area contributed by atoms with Gasteiger partial charge in [-0.25, -0.2) is 0 Å². The van der Waals surface area contributed by atoms with E-state index in [1.807, 2.05) is 6.07 Å². The lowest BCUT2D eigenvalue weighted by Crippen LogP contribution is -2.21. The van der Waals surface area contributed by atoms with Crippen LogP contribution in [0, 0.1) is 0 Å². The first-order valence-corrected chi connectivity index (χ1v) is 8.10. The zero-order valence-electron chi connectivity index (χ0n) is 11.7. The van der Waals surface area contributed by atoms with Crippen LogP contribution in [0.25, 0.3) is 0 Å². The molecule has 1 aliphatic heterocycles. The van der Waals surface area contributed by atoms with Crippen molar-refractivity contribution in [1.82, 2.24) is 5.32 Å². The summed E-state index contributed by atoms with van der Waals surface area (Å²) in [5.74, 6) is 1.04. The Kier molecular flexibility index (Phi) is 4.01. The molecule has 4 heteroatoms.